The number of guanidine groups is 1. The van der Waals surface area contributed by atoms with Gasteiger partial charge in [-0.05, 0) is 37.0 Å². The maximum atomic E-state index is 11.6. The van der Waals surface area contributed by atoms with E-state index in [1.165, 1.54) is 5.56 Å². The molecule has 0 spiro atoms. The van der Waals surface area contributed by atoms with Gasteiger partial charge >= 0.3 is 0 Å². The highest BCUT2D eigenvalue weighted by atomic mass is 79.9. The molecular weight excluding hydrogens is 406 g/mol. The van der Waals surface area contributed by atoms with E-state index < -0.39 is 0 Å². The van der Waals surface area contributed by atoms with Gasteiger partial charge in [-0.15, -0.1) is 0 Å². The van der Waals surface area contributed by atoms with Crippen LogP contribution < -0.4 is 16.0 Å². The maximum Gasteiger partial charge on any atom is 0.221 e. The summed E-state index contributed by atoms with van der Waals surface area (Å²) in [6.07, 6.45) is 3.61. The number of amides is 1. The molecule has 150 valence electrons. The van der Waals surface area contributed by atoms with Crippen LogP contribution in [0.4, 0.5) is 0 Å². The monoisotopic (exact) mass is 437 g/mol. The second-order valence-corrected chi connectivity index (χ2v) is 7.84. The van der Waals surface area contributed by atoms with Gasteiger partial charge in [-0.2, -0.15) is 0 Å². The molecule has 0 aromatic heterocycles. The molecular formula is C20H32BrN5O. The van der Waals surface area contributed by atoms with Gasteiger partial charge in [0.25, 0.3) is 0 Å². The number of piperidine rings is 1. The predicted octanol–water partition coefficient (Wildman–Crippen LogP) is 2.49. The molecule has 1 heterocycles. The zero-order valence-electron chi connectivity index (χ0n) is 16.4. The molecule has 2 rings (SSSR count). The minimum Gasteiger partial charge on any atom is -0.356 e. The van der Waals surface area contributed by atoms with Crippen molar-refractivity contribution in [2.75, 3.05) is 33.2 Å². The van der Waals surface area contributed by atoms with E-state index in [1.54, 1.807) is 7.05 Å². The number of nitrogens with zero attached hydrogens (tertiary/aromatic N) is 2. The van der Waals surface area contributed by atoms with Crippen molar-refractivity contribution in [1.82, 2.24) is 20.9 Å². The molecule has 6 nitrogen and oxygen atoms in total. The maximum absolute atomic E-state index is 11.6. The van der Waals surface area contributed by atoms with Crippen molar-refractivity contribution in [1.29, 1.82) is 0 Å². The number of nitrogens with one attached hydrogen (secondary N) is 3. The zero-order chi connectivity index (χ0) is 19.5. The smallest absolute Gasteiger partial charge is 0.221 e. The Bertz CT molecular complexity index is 597. The summed E-state index contributed by atoms with van der Waals surface area (Å²) < 4.78 is 1.12. The van der Waals surface area contributed by atoms with Crippen molar-refractivity contribution in [2.24, 2.45) is 4.99 Å². The lowest BCUT2D eigenvalue weighted by atomic mass is 10.0. The first-order valence-corrected chi connectivity index (χ1v) is 10.6. The molecule has 0 bridgehead atoms. The topological polar surface area (TPSA) is 68.8 Å². The number of likely N-dealkylation sites (tertiary alicyclic amines) is 1. The fourth-order valence-electron chi connectivity index (χ4n) is 3.12. The van der Waals surface area contributed by atoms with Crippen molar-refractivity contribution < 1.29 is 4.79 Å². The molecule has 27 heavy (non-hydrogen) atoms. The van der Waals surface area contributed by atoms with E-state index in [-0.39, 0.29) is 5.91 Å². The number of halogens is 1. The van der Waals surface area contributed by atoms with E-state index in [4.69, 9.17) is 0 Å². The van der Waals surface area contributed by atoms with Crippen LogP contribution >= 0.6 is 15.9 Å². The Balaban J connectivity index is 1.66. The molecule has 0 aliphatic carbocycles. The van der Waals surface area contributed by atoms with Crippen LogP contribution in [0.1, 0.15) is 38.2 Å². The zero-order valence-corrected chi connectivity index (χ0v) is 18.0. The first-order valence-electron chi connectivity index (χ1n) is 9.81. The fourth-order valence-corrected chi connectivity index (χ4v) is 3.38. The molecule has 7 heteroatoms. The Morgan fingerprint density at radius 3 is 2.52 bits per heavy atom. The molecule has 1 aliphatic heterocycles. The molecule has 3 N–H and O–H groups in total. The molecule has 1 aliphatic rings. The SMILES string of the molecule is CCCNC(=O)CCNC(=NC)NC1CCN(Cc2ccc(Br)cc2)CC1. The van der Waals surface area contributed by atoms with Crippen LogP contribution in [0.15, 0.2) is 33.7 Å². The predicted molar refractivity (Wildman–Crippen MR) is 115 cm³/mol. The van der Waals surface area contributed by atoms with Crippen LogP contribution in [0.2, 0.25) is 0 Å². The van der Waals surface area contributed by atoms with Crippen LogP contribution in [0.25, 0.3) is 0 Å². The Morgan fingerprint density at radius 1 is 1.19 bits per heavy atom. The van der Waals surface area contributed by atoms with E-state index in [0.717, 1.165) is 55.9 Å². The van der Waals surface area contributed by atoms with Gasteiger partial charge in [-0.25, -0.2) is 0 Å². The highest BCUT2D eigenvalue weighted by Gasteiger charge is 2.20. The summed E-state index contributed by atoms with van der Waals surface area (Å²) in [4.78, 5) is 18.4. The van der Waals surface area contributed by atoms with Crippen molar-refractivity contribution >= 4 is 27.8 Å². The van der Waals surface area contributed by atoms with Gasteiger partial charge in [-0.1, -0.05) is 35.0 Å². The van der Waals surface area contributed by atoms with Gasteiger partial charge in [-0.3, -0.25) is 14.7 Å². The number of carbonyl (C=O) groups is 1. The summed E-state index contributed by atoms with van der Waals surface area (Å²) in [5.74, 6) is 0.866. The summed E-state index contributed by atoms with van der Waals surface area (Å²) in [5.41, 5.74) is 1.35. The molecule has 0 radical (unpaired) electrons. The van der Waals surface area contributed by atoms with Crippen LogP contribution in [0.3, 0.4) is 0 Å². The van der Waals surface area contributed by atoms with Gasteiger partial charge in [0, 0.05) is 56.7 Å². The Kier molecular flexibility index (Phi) is 9.62. The number of rotatable bonds is 8. The molecule has 1 saturated heterocycles. The van der Waals surface area contributed by atoms with Crippen LogP contribution in [-0.2, 0) is 11.3 Å². The van der Waals surface area contributed by atoms with Crippen molar-refractivity contribution in [3.8, 4) is 0 Å². The summed E-state index contributed by atoms with van der Waals surface area (Å²) in [5, 5.41) is 9.62. The van der Waals surface area contributed by atoms with Crippen LogP contribution in [0, 0.1) is 0 Å². The first-order chi connectivity index (χ1) is 13.1. The quantitative estimate of drug-likeness (QED) is 0.431. The largest absolute Gasteiger partial charge is 0.356 e. The van der Waals surface area contributed by atoms with Crippen molar-refractivity contribution in [2.45, 2.75) is 45.2 Å². The van der Waals surface area contributed by atoms with Crippen LogP contribution in [-0.4, -0.2) is 56.0 Å². The third kappa shape index (κ3) is 8.30. The second-order valence-electron chi connectivity index (χ2n) is 6.92. The van der Waals surface area contributed by atoms with Gasteiger partial charge < -0.3 is 16.0 Å². The van der Waals surface area contributed by atoms with Crippen LogP contribution in [0.5, 0.6) is 0 Å². The Labute approximate surface area is 171 Å². The average molecular weight is 438 g/mol. The van der Waals surface area contributed by atoms with Gasteiger partial charge in [0.15, 0.2) is 5.96 Å². The number of benzene rings is 1. The normalized spacial score (nSPS) is 16.2. The molecule has 0 saturated carbocycles. The highest BCUT2D eigenvalue weighted by Crippen LogP contribution is 2.16. The minimum absolute atomic E-state index is 0.0843. The molecule has 0 atom stereocenters. The molecule has 1 aromatic carbocycles. The Hall–Kier alpha value is -1.60. The molecule has 1 amide bonds. The average Bonchev–Trinajstić information content (AvgIpc) is 2.68. The summed E-state index contributed by atoms with van der Waals surface area (Å²) in [7, 11) is 1.77. The van der Waals surface area contributed by atoms with Crippen molar-refractivity contribution in [3.63, 3.8) is 0 Å². The van der Waals surface area contributed by atoms with Gasteiger partial charge in [0.05, 0.1) is 0 Å². The fraction of sp³-hybridized carbons (Fsp3) is 0.600. The minimum atomic E-state index is 0.0843. The lowest BCUT2D eigenvalue weighted by Gasteiger charge is -2.33. The van der Waals surface area contributed by atoms with E-state index >= 15 is 0 Å². The highest BCUT2D eigenvalue weighted by molar-refractivity contribution is 9.10. The van der Waals surface area contributed by atoms with Crippen molar-refractivity contribution in [3.05, 3.63) is 34.3 Å². The summed E-state index contributed by atoms with van der Waals surface area (Å²) >= 11 is 3.48. The van der Waals surface area contributed by atoms with Gasteiger partial charge in [0.1, 0.15) is 0 Å². The number of hydrogen-bond acceptors (Lipinski definition) is 3. The summed E-state index contributed by atoms with van der Waals surface area (Å²) in [6, 6.07) is 8.98. The van der Waals surface area contributed by atoms with E-state index in [0.29, 0.717) is 19.0 Å². The number of hydrogen-bond donors (Lipinski definition) is 3. The lowest BCUT2D eigenvalue weighted by molar-refractivity contribution is -0.120. The Morgan fingerprint density at radius 2 is 1.89 bits per heavy atom. The molecule has 1 fully saturated rings. The number of carbonyl (C=O) groups excluding carboxylic acids is 1. The van der Waals surface area contributed by atoms with E-state index in [2.05, 4.69) is 73.0 Å². The summed E-state index contributed by atoms with van der Waals surface area (Å²) in [6.45, 7) is 6.53. The molecule has 0 unspecified atom stereocenters. The number of aliphatic imine (C=N–C) groups is 1. The standard InChI is InChI=1S/C20H32BrN5O/c1-3-11-23-19(27)8-12-24-20(22-2)25-18-9-13-26(14-10-18)15-16-4-6-17(21)7-5-16/h4-7,18H,3,8-15H2,1-2H3,(H,23,27)(H2,22,24,25). The molecule has 1 aromatic rings. The third-order valence-corrected chi connectivity index (χ3v) is 5.22. The second kappa shape index (κ2) is 12.0. The van der Waals surface area contributed by atoms with Gasteiger partial charge in [0.2, 0.25) is 5.91 Å². The first kappa shape index (κ1) is 21.7. The third-order valence-electron chi connectivity index (χ3n) is 4.69. The van der Waals surface area contributed by atoms with E-state index in [9.17, 15) is 4.79 Å². The van der Waals surface area contributed by atoms with E-state index in [1.807, 2.05) is 0 Å². The lowest BCUT2D eigenvalue weighted by Crippen LogP contribution is -2.49.